The highest BCUT2D eigenvalue weighted by Gasteiger charge is 2.23. The molecule has 2 aromatic rings. The predicted molar refractivity (Wildman–Crippen MR) is 101 cm³/mol. The lowest BCUT2D eigenvalue weighted by molar-refractivity contribution is -0.135. The maximum atomic E-state index is 13.1. The van der Waals surface area contributed by atoms with Gasteiger partial charge in [0.2, 0.25) is 11.8 Å². The summed E-state index contributed by atoms with van der Waals surface area (Å²) in [7, 11) is 0. The van der Waals surface area contributed by atoms with Gasteiger partial charge < -0.3 is 14.2 Å². The molecular formula is C21H26N2O3. The molecule has 0 unspecified atom stereocenters. The van der Waals surface area contributed by atoms with Crippen LogP contribution >= 0.6 is 0 Å². The second-order valence-electron chi connectivity index (χ2n) is 6.87. The van der Waals surface area contributed by atoms with Crippen molar-refractivity contribution in [2.24, 2.45) is 0 Å². The Bertz CT molecular complexity index is 722. The smallest absolute Gasteiger partial charge is 0.247 e. The van der Waals surface area contributed by atoms with E-state index in [9.17, 15) is 9.59 Å². The van der Waals surface area contributed by atoms with E-state index in [0.29, 0.717) is 19.5 Å². The van der Waals surface area contributed by atoms with Crippen molar-refractivity contribution in [2.45, 2.75) is 45.6 Å². The first-order valence-electron chi connectivity index (χ1n) is 9.30. The molecule has 138 valence electrons. The molecule has 5 heteroatoms. The summed E-state index contributed by atoms with van der Waals surface area (Å²) in [5.74, 6) is 0.719. The van der Waals surface area contributed by atoms with Crippen LogP contribution in [0.2, 0.25) is 0 Å². The first kappa shape index (κ1) is 18.2. The fourth-order valence-corrected chi connectivity index (χ4v) is 3.24. The van der Waals surface area contributed by atoms with E-state index >= 15 is 0 Å². The Morgan fingerprint density at radius 1 is 1.12 bits per heavy atom. The van der Waals surface area contributed by atoms with E-state index < -0.39 is 0 Å². The Balaban J connectivity index is 1.77. The van der Waals surface area contributed by atoms with Gasteiger partial charge in [-0.3, -0.25) is 9.59 Å². The van der Waals surface area contributed by atoms with Crippen LogP contribution in [0.1, 0.15) is 43.4 Å². The first-order chi connectivity index (χ1) is 12.6. The van der Waals surface area contributed by atoms with Gasteiger partial charge in [0, 0.05) is 18.7 Å². The SMILES string of the molecule is Cc1ccc(N(Cc2ccco2)C(=O)CN2CCCCCCC2=O)cc1. The minimum Gasteiger partial charge on any atom is -0.467 e. The highest BCUT2D eigenvalue weighted by Crippen LogP contribution is 2.20. The van der Waals surface area contributed by atoms with Gasteiger partial charge in [-0.1, -0.05) is 30.5 Å². The molecule has 0 aliphatic carbocycles. The van der Waals surface area contributed by atoms with E-state index in [2.05, 4.69) is 0 Å². The summed E-state index contributed by atoms with van der Waals surface area (Å²) in [5.41, 5.74) is 1.95. The zero-order chi connectivity index (χ0) is 18.4. The topological polar surface area (TPSA) is 53.8 Å². The summed E-state index contributed by atoms with van der Waals surface area (Å²) in [6.07, 6.45) is 6.23. The van der Waals surface area contributed by atoms with Gasteiger partial charge in [0.25, 0.3) is 0 Å². The van der Waals surface area contributed by atoms with E-state index in [1.807, 2.05) is 43.3 Å². The molecule has 1 aromatic carbocycles. The van der Waals surface area contributed by atoms with E-state index in [-0.39, 0.29) is 18.4 Å². The third-order valence-electron chi connectivity index (χ3n) is 4.79. The minimum atomic E-state index is -0.0841. The van der Waals surface area contributed by atoms with Gasteiger partial charge in [0.1, 0.15) is 12.3 Å². The van der Waals surface area contributed by atoms with Crippen molar-refractivity contribution in [2.75, 3.05) is 18.0 Å². The maximum Gasteiger partial charge on any atom is 0.247 e. The van der Waals surface area contributed by atoms with Crippen molar-refractivity contribution in [3.8, 4) is 0 Å². The molecular weight excluding hydrogens is 328 g/mol. The number of hydrogen-bond donors (Lipinski definition) is 0. The van der Waals surface area contributed by atoms with Crippen LogP contribution < -0.4 is 4.90 Å². The zero-order valence-corrected chi connectivity index (χ0v) is 15.3. The van der Waals surface area contributed by atoms with E-state index in [1.54, 1.807) is 16.1 Å². The molecule has 0 saturated carbocycles. The van der Waals surface area contributed by atoms with Crippen molar-refractivity contribution < 1.29 is 14.0 Å². The maximum absolute atomic E-state index is 13.1. The van der Waals surface area contributed by atoms with Crippen LogP contribution in [0.3, 0.4) is 0 Å². The van der Waals surface area contributed by atoms with Crippen molar-refractivity contribution in [3.63, 3.8) is 0 Å². The lowest BCUT2D eigenvalue weighted by Gasteiger charge is -2.28. The van der Waals surface area contributed by atoms with Gasteiger partial charge in [0.15, 0.2) is 0 Å². The van der Waals surface area contributed by atoms with Gasteiger partial charge >= 0.3 is 0 Å². The zero-order valence-electron chi connectivity index (χ0n) is 15.3. The highest BCUT2D eigenvalue weighted by molar-refractivity contribution is 5.96. The van der Waals surface area contributed by atoms with Crippen molar-refractivity contribution in [1.82, 2.24) is 4.90 Å². The lowest BCUT2D eigenvalue weighted by Crippen LogP contribution is -2.43. The molecule has 0 spiro atoms. The number of likely N-dealkylation sites (tertiary alicyclic amines) is 1. The number of rotatable bonds is 5. The summed E-state index contributed by atoms with van der Waals surface area (Å²) in [6, 6.07) is 11.5. The van der Waals surface area contributed by atoms with E-state index in [1.165, 1.54) is 0 Å². The number of aryl methyl sites for hydroxylation is 1. The van der Waals surface area contributed by atoms with Crippen LogP contribution in [0.25, 0.3) is 0 Å². The Morgan fingerprint density at radius 3 is 2.62 bits per heavy atom. The molecule has 0 N–H and O–H groups in total. The van der Waals surface area contributed by atoms with Crippen LogP contribution in [-0.2, 0) is 16.1 Å². The van der Waals surface area contributed by atoms with Crippen LogP contribution in [0.4, 0.5) is 5.69 Å². The molecule has 0 atom stereocenters. The molecule has 1 saturated heterocycles. The van der Waals surface area contributed by atoms with Gasteiger partial charge in [0.05, 0.1) is 12.8 Å². The quantitative estimate of drug-likeness (QED) is 0.818. The van der Waals surface area contributed by atoms with Gasteiger partial charge in [-0.15, -0.1) is 0 Å². The third kappa shape index (κ3) is 4.75. The average molecular weight is 354 g/mol. The number of furan rings is 1. The number of benzene rings is 1. The van der Waals surface area contributed by atoms with Crippen molar-refractivity contribution in [3.05, 3.63) is 54.0 Å². The van der Waals surface area contributed by atoms with Crippen LogP contribution in [-0.4, -0.2) is 29.8 Å². The van der Waals surface area contributed by atoms with Crippen LogP contribution in [0.15, 0.2) is 47.1 Å². The number of hydrogen-bond acceptors (Lipinski definition) is 3. The molecule has 2 amide bonds. The molecule has 2 heterocycles. The Kier molecular flexibility index (Phi) is 6.10. The summed E-state index contributed by atoms with van der Waals surface area (Å²) >= 11 is 0. The average Bonchev–Trinajstić information content (AvgIpc) is 3.13. The molecule has 0 radical (unpaired) electrons. The summed E-state index contributed by atoms with van der Waals surface area (Å²) < 4.78 is 5.43. The first-order valence-corrected chi connectivity index (χ1v) is 9.30. The number of carbonyl (C=O) groups is 2. The van der Waals surface area contributed by atoms with Crippen molar-refractivity contribution >= 4 is 17.5 Å². The molecule has 26 heavy (non-hydrogen) atoms. The van der Waals surface area contributed by atoms with Gasteiger partial charge in [-0.2, -0.15) is 0 Å². The molecule has 1 aromatic heterocycles. The number of nitrogens with zero attached hydrogens (tertiary/aromatic N) is 2. The Morgan fingerprint density at radius 2 is 1.88 bits per heavy atom. The minimum absolute atomic E-state index is 0.0832. The monoisotopic (exact) mass is 354 g/mol. The van der Waals surface area contributed by atoms with Gasteiger partial charge in [-0.05, 0) is 44.0 Å². The lowest BCUT2D eigenvalue weighted by atomic mass is 10.1. The van der Waals surface area contributed by atoms with Crippen LogP contribution in [0.5, 0.6) is 0 Å². The van der Waals surface area contributed by atoms with Crippen LogP contribution in [0, 0.1) is 6.92 Å². The second kappa shape index (κ2) is 8.70. The number of amides is 2. The van der Waals surface area contributed by atoms with E-state index in [0.717, 1.165) is 42.7 Å². The third-order valence-corrected chi connectivity index (χ3v) is 4.79. The van der Waals surface area contributed by atoms with Crippen molar-refractivity contribution in [1.29, 1.82) is 0 Å². The summed E-state index contributed by atoms with van der Waals surface area (Å²) in [6.45, 7) is 3.15. The Hall–Kier alpha value is -2.56. The molecule has 0 bridgehead atoms. The number of anilines is 1. The van der Waals surface area contributed by atoms with E-state index in [4.69, 9.17) is 4.42 Å². The normalized spacial score (nSPS) is 15.4. The molecule has 1 fully saturated rings. The summed E-state index contributed by atoms with van der Waals surface area (Å²) in [5, 5.41) is 0. The highest BCUT2D eigenvalue weighted by atomic mass is 16.3. The summed E-state index contributed by atoms with van der Waals surface area (Å²) in [4.78, 5) is 28.8. The standard InChI is InChI=1S/C21H26N2O3/c1-17-9-11-18(12-10-17)23(15-19-7-6-14-26-19)21(25)16-22-13-5-3-2-4-8-20(22)24/h6-7,9-12,14H,2-5,8,13,15-16H2,1H3. The van der Waals surface area contributed by atoms with Gasteiger partial charge in [-0.25, -0.2) is 0 Å². The fraction of sp³-hybridized carbons (Fsp3) is 0.429. The number of carbonyl (C=O) groups excluding carboxylic acids is 2. The second-order valence-corrected chi connectivity index (χ2v) is 6.87. The predicted octanol–water partition coefficient (Wildman–Crippen LogP) is 3.91. The fourth-order valence-electron chi connectivity index (χ4n) is 3.24. The molecule has 3 rings (SSSR count). The molecule has 1 aliphatic heterocycles. The molecule has 1 aliphatic rings. The Labute approximate surface area is 154 Å². The largest absolute Gasteiger partial charge is 0.467 e. The molecule has 5 nitrogen and oxygen atoms in total.